The summed E-state index contributed by atoms with van der Waals surface area (Å²) < 4.78 is 86.9. The van der Waals surface area contributed by atoms with E-state index in [9.17, 15) is 13.2 Å². The summed E-state index contributed by atoms with van der Waals surface area (Å²) in [5.41, 5.74) is 13.2. The van der Waals surface area contributed by atoms with Crippen molar-refractivity contribution in [3.05, 3.63) is 229 Å². The Balaban J connectivity index is 0.000000163. The molecule has 0 amide bonds. The average Bonchev–Trinajstić information content (AvgIpc) is 1.56. The zero-order chi connectivity index (χ0) is 71.8. The van der Waals surface area contributed by atoms with Gasteiger partial charge < -0.3 is 13.8 Å². The number of pyridine rings is 4. The van der Waals surface area contributed by atoms with Crippen molar-refractivity contribution in [2.24, 2.45) is 23.7 Å². The van der Waals surface area contributed by atoms with E-state index in [1.807, 2.05) is 73.1 Å². The first-order valence-corrected chi connectivity index (χ1v) is 49.9. The molecule has 527 valence electrons. The van der Waals surface area contributed by atoms with Crippen LogP contribution in [0, 0.1) is 35.8 Å². The molecule has 1 N–H and O–H groups in total. The predicted molar refractivity (Wildman–Crippen MR) is 402 cm³/mol. The molecule has 6 aromatic heterocycles. The molecule has 13 rings (SSSR count). The first kappa shape index (κ1) is 78.6. The molecule has 12 aromatic rings. The van der Waals surface area contributed by atoms with Crippen molar-refractivity contribution in [3.63, 3.8) is 0 Å². The molecule has 0 atom stereocenters. The Morgan fingerprint density at radius 2 is 1.03 bits per heavy atom. The standard InChI is InChI=1S/C21H30GeNO2.C21H19NO.C21H18NO.C18H24GeN.CHF3O3S.Ir/c1-15(2)12-16-13-20-17-10-8-9-11-18(17)21(24-6,25-7)23(20)14-19(16)22(3,4)5;2*1-14(2)12-15-10-11-22-19(13-15)18-8-5-7-17-16-6-3-4-9-20(16)23-21(17)18;1-14(2)11-16-12-18(15-9-7-6-8-10-15)20-13-17(16)19(3,4)5;2-1(3,4)8(5,6)7;/h8-11,13-15H,12H2,1-7H3;3-11,13-14H,12H2,1-2H3;3-7,9-11,13-14H,12H2,1-2H3;6-9,12-14H,11H2,1-5H3;(H,5,6,7);/q+1;;2*-1;;. The zero-order valence-corrected chi connectivity index (χ0v) is 67.5. The topological polar surface area (TPSA) is 142 Å². The number of nitrogens with zero attached hydrogens (tertiary/aromatic N) is 4. The Labute approximate surface area is 607 Å². The summed E-state index contributed by atoms with van der Waals surface area (Å²) in [6.07, 6.45) is 12.6. The molecular weight excluding hydrogens is 1580 g/mol. The average molecular weight is 1670 g/mol. The molecule has 100 heavy (non-hydrogen) atoms. The van der Waals surface area contributed by atoms with E-state index in [0.717, 1.165) is 109 Å². The van der Waals surface area contributed by atoms with Gasteiger partial charge in [-0.3, -0.25) is 9.54 Å². The normalized spacial score (nSPS) is 12.7. The van der Waals surface area contributed by atoms with Crippen LogP contribution in [-0.2, 0) is 71.3 Å². The maximum Gasteiger partial charge on any atom is 0.522 e. The van der Waals surface area contributed by atoms with Crippen molar-refractivity contribution >= 4 is 89.3 Å². The van der Waals surface area contributed by atoms with Crippen LogP contribution in [0.15, 0.2) is 197 Å². The van der Waals surface area contributed by atoms with Crippen LogP contribution in [0.1, 0.15) is 83.2 Å². The van der Waals surface area contributed by atoms with E-state index in [0.29, 0.717) is 23.7 Å². The van der Waals surface area contributed by atoms with Gasteiger partial charge in [-0.05, 0) is 72.3 Å². The molecule has 0 saturated heterocycles. The first-order valence-electron chi connectivity index (χ1n) is 33.7. The van der Waals surface area contributed by atoms with Crippen LogP contribution < -0.4 is 13.4 Å². The van der Waals surface area contributed by atoms with Gasteiger partial charge in [0.2, 0.25) is 0 Å². The number of para-hydroxylation sites is 3. The second kappa shape index (κ2) is 33.3. The fourth-order valence-electron chi connectivity index (χ4n) is 12.7. The van der Waals surface area contributed by atoms with Gasteiger partial charge >= 0.3 is 295 Å². The molecule has 1 aliphatic rings. The summed E-state index contributed by atoms with van der Waals surface area (Å²) in [6, 6.07) is 62.9. The van der Waals surface area contributed by atoms with Gasteiger partial charge in [-0.15, -0.1) is 18.2 Å². The summed E-state index contributed by atoms with van der Waals surface area (Å²) >= 11 is -3.92. The van der Waals surface area contributed by atoms with Crippen molar-refractivity contribution in [1.82, 2.24) is 15.0 Å². The van der Waals surface area contributed by atoms with Crippen molar-refractivity contribution in [1.29, 1.82) is 0 Å². The van der Waals surface area contributed by atoms with Gasteiger partial charge in [0.1, 0.15) is 16.7 Å². The van der Waals surface area contributed by atoms with Gasteiger partial charge in [0.15, 0.2) is 0 Å². The van der Waals surface area contributed by atoms with Crippen molar-refractivity contribution < 1.29 is 69.1 Å². The molecule has 7 heterocycles. The fourth-order valence-corrected chi connectivity index (χ4v) is 19.5. The Bertz CT molecular complexity index is 4700. The van der Waals surface area contributed by atoms with Crippen molar-refractivity contribution in [2.45, 2.75) is 127 Å². The van der Waals surface area contributed by atoms with Crippen LogP contribution in [-0.4, -0.2) is 74.2 Å². The molecule has 18 heteroatoms. The Kier molecular flexibility index (Phi) is 26.2. The summed E-state index contributed by atoms with van der Waals surface area (Å²) in [7, 11) is -2.39. The minimum atomic E-state index is -5.84. The second-order valence-electron chi connectivity index (χ2n) is 28.9. The number of ether oxygens (including phenoxy) is 2. The van der Waals surface area contributed by atoms with E-state index in [-0.39, 0.29) is 20.1 Å². The second-order valence-corrected chi connectivity index (χ2v) is 51.4. The number of alkyl halides is 3. The third-order valence-corrected chi connectivity index (χ3v) is 26.2. The minimum absolute atomic E-state index is 0. The summed E-state index contributed by atoms with van der Waals surface area (Å²) in [6.45, 7) is 18.1. The summed E-state index contributed by atoms with van der Waals surface area (Å²) in [5.74, 6) is 16.4. The summed E-state index contributed by atoms with van der Waals surface area (Å²) in [4.78, 5) is 13.8. The van der Waals surface area contributed by atoms with Gasteiger partial charge in [-0.1, -0.05) is 98.8 Å². The monoisotopic (exact) mass is 1670 g/mol. The van der Waals surface area contributed by atoms with Crippen LogP contribution in [0.25, 0.3) is 88.9 Å². The third kappa shape index (κ3) is 18.7. The SMILES string of the molecule is CC(C)Cc1cc(-c2[c-]cccc2)nc[c]1[Ge]([CH3])([CH3])[CH3].CC(C)Cc1ccnc(-c2[c-]ccc3c2oc2ccccc23)c1.CC(C)Cc1ccnc(-c2cccc3c2oc2ccccc23)c1.COC1(OC)c2ccccc2-c2cc(CC(C)C)[c]([Ge]([CH3])([CH3])[CH3])c[n+]21.O=S(=O)(O)C(F)(F)F.[Ir]. The van der Waals surface area contributed by atoms with E-state index in [2.05, 4.69) is 232 Å². The van der Waals surface area contributed by atoms with Gasteiger partial charge in [0.05, 0.1) is 11.3 Å². The maximum atomic E-state index is 10.7. The van der Waals surface area contributed by atoms with E-state index >= 15 is 0 Å². The molecule has 0 aliphatic carbocycles. The predicted octanol–water partition coefficient (Wildman–Crippen LogP) is 19.8. The maximum absolute atomic E-state index is 10.7. The molecular formula is C82H92F3Ge2IrN4O7S-. The molecule has 1 aliphatic heterocycles. The number of furan rings is 2. The molecule has 0 saturated carbocycles. The summed E-state index contributed by atoms with van der Waals surface area (Å²) in [5, 5.41) is 4.55. The minimum Gasteiger partial charge on any atom is -0.279 e. The molecule has 1 radical (unpaired) electrons. The molecule has 6 aromatic carbocycles. The molecule has 0 unspecified atom stereocenters. The number of aromatic nitrogens is 4. The quantitative estimate of drug-likeness (QED) is 0.0263. The number of fused-ring (bicyclic) bond motifs is 9. The fraction of sp³-hybridized carbons (Fsp3) is 0.317. The third-order valence-electron chi connectivity index (χ3n) is 16.9. The van der Waals surface area contributed by atoms with E-state index in [4.69, 9.17) is 36.3 Å². The largest absolute Gasteiger partial charge is 0.522 e. The number of methoxy groups -OCH3 is 2. The number of hydrogen-bond acceptors (Lipinski definition) is 9. The van der Waals surface area contributed by atoms with Gasteiger partial charge in [-0.2, -0.15) is 21.6 Å². The van der Waals surface area contributed by atoms with E-state index in [1.165, 1.54) is 37.9 Å². The van der Waals surface area contributed by atoms with Gasteiger partial charge in [0, 0.05) is 54.2 Å². The number of rotatable bonds is 15. The smallest absolute Gasteiger partial charge is 0.279 e. The number of halogens is 3. The molecule has 0 fully saturated rings. The molecule has 11 nitrogen and oxygen atoms in total. The first-order chi connectivity index (χ1) is 46.8. The zero-order valence-electron chi connectivity index (χ0n) is 60.1. The Morgan fingerprint density at radius 1 is 0.540 bits per heavy atom. The van der Waals surface area contributed by atoms with Crippen LogP contribution in [0.2, 0.25) is 34.5 Å². The van der Waals surface area contributed by atoms with Crippen LogP contribution in [0.3, 0.4) is 0 Å². The molecule has 0 bridgehead atoms. The number of benzene rings is 6. The van der Waals surface area contributed by atoms with Gasteiger partial charge in [-0.25, -0.2) is 0 Å². The van der Waals surface area contributed by atoms with Crippen molar-refractivity contribution in [2.75, 3.05) is 14.2 Å². The van der Waals surface area contributed by atoms with Gasteiger partial charge in [0.25, 0.3) is 0 Å². The van der Waals surface area contributed by atoms with E-state index in [1.54, 1.807) is 18.6 Å². The van der Waals surface area contributed by atoms with E-state index < -0.39 is 48.1 Å². The Hall–Kier alpha value is -7.12. The number of hydrogen-bond donors (Lipinski definition) is 1. The molecule has 0 spiro atoms. The van der Waals surface area contributed by atoms with Crippen LogP contribution in [0.4, 0.5) is 13.2 Å². The van der Waals surface area contributed by atoms with Crippen molar-refractivity contribution in [3.8, 4) is 45.0 Å². The Morgan fingerprint density at radius 3 is 1.57 bits per heavy atom. The van der Waals surface area contributed by atoms with Crippen LogP contribution in [0.5, 0.6) is 0 Å². The van der Waals surface area contributed by atoms with Crippen LogP contribution >= 0.6 is 0 Å².